The predicted octanol–water partition coefficient (Wildman–Crippen LogP) is 1.73. The molecule has 0 unspecified atom stereocenters. The highest BCUT2D eigenvalue weighted by Gasteiger charge is 2.35. The van der Waals surface area contributed by atoms with Crippen molar-refractivity contribution in [3.63, 3.8) is 0 Å². The molecule has 0 aliphatic heterocycles. The standard InChI is InChI=1S/C10H11ClO2/c1-6-4-7(11)5-9-8(6)2-3-10(9,12)13/h4-5,12-13H,2-3H2,1H3. The fourth-order valence-electron chi connectivity index (χ4n) is 1.90. The van der Waals surface area contributed by atoms with Gasteiger partial charge in [-0.15, -0.1) is 0 Å². The molecule has 1 aliphatic carbocycles. The summed E-state index contributed by atoms with van der Waals surface area (Å²) < 4.78 is 0. The first-order valence-electron chi connectivity index (χ1n) is 4.25. The van der Waals surface area contributed by atoms with Gasteiger partial charge in [0.15, 0.2) is 5.79 Å². The average Bonchev–Trinajstić information content (AvgIpc) is 2.28. The van der Waals surface area contributed by atoms with Crippen LogP contribution in [0.2, 0.25) is 5.02 Å². The summed E-state index contributed by atoms with van der Waals surface area (Å²) in [6.45, 7) is 1.94. The van der Waals surface area contributed by atoms with E-state index in [1.165, 1.54) is 0 Å². The zero-order chi connectivity index (χ0) is 9.64. The lowest BCUT2D eigenvalue weighted by atomic mass is 10.0. The molecule has 0 heterocycles. The van der Waals surface area contributed by atoms with Crippen molar-refractivity contribution in [3.8, 4) is 0 Å². The fraction of sp³-hybridized carbons (Fsp3) is 0.400. The second-order valence-electron chi connectivity index (χ2n) is 3.57. The van der Waals surface area contributed by atoms with Crippen molar-refractivity contribution in [1.82, 2.24) is 0 Å². The molecule has 0 radical (unpaired) electrons. The van der Waals surface area contributed by atoms with E-state index in [2.05, 4.69) is 0 Å². The first-order chi connectivity index (χ1) is 6.00. The minimum atomic E-state index is -1.68. The monoisotopic (exact) mass is 198 g/mol. The van der Waals surface area contributed by atoms with E-state index >= 15 is 0 Å². The fourth-order valence-corrected chi connectivity index (χ4v) is 2.17. The molecular formula is C10H11ClO2. The number of hydrogen-bond acceptors (Lipinski definition) is 2. The molecule has 3 heteroatoms. The Morgan fingerprint density at radius 2 is 2.08 bits per heavy atom. The number of benzene rings is 1. The molecule has 0 saturated carbocycles. The van der Waals surface area contributed by atoms with Crippen LogP contribution in [0.3, 0.4) is 0 Å². The summed E-state index contributed by atoms with van der Waals surface area (Å²) in [4.78, 5) is 0. The quantitative estimate of drug-likeness (QED) is 0.624. The summed E-state index contributed by atoms with van der Waals surface area (Å²) in [6, 6.07) is 3.48. The van der Waals surface area contributed by atoms with Crippen LogP contribution in [0.4, 0.5) is 0 Å². The van der Waals surface area contributed by atoms with Crippen LogP contribution in [0.15, 0.2) is 12.1 Å². The van der Waals surface area contributed by atoms with Crippen LogP contribution in [0.5, 0.6) is 0 Å². The third-order valence-electron chi connectivity index (χ3n) is 2.59. The Labute approximate surface area is 81.8 Å². The Hall–Kier alpha value is -0.570. The van der Waals surface area contributed by atoms with E-state index in [9.17, 15) is 10.2 Å². The first kappa shape index (κ1) is 9.00. The summed E-state index contributed by atoms with van der Waals surface area (Å²) in [6.07, 6.45) is 1.08. The van der Waals surface area contributed by atoms with Gasteiger partial charge >= 0.3 is 0 Å². The number of halogens is 1. The molecule has 1 aliphatic rings. The summed E-state index contributed by atoms with van der Waals surface area (Å²) in [7, 11) is 0. The van der Waals surface area contributed by atoms with Crippen molar-refractivity contribution in [2.75, 3.05) is 0 Å². The third kappa shape index (κ3) is 1.35. The normalized spacial score (nSPS) is 18.8. The third-order valence-corrected chi connectivity index (χ3v) is 2.81. The van der Waals surface area contributed by atoms with Crippen molar-refractivity contribution in [2.24, 2.45) is 0 Å². The molecule has 2 N–H and O–H groups in total. The molecule has 0 amide bonds. The minimum absolute atomic E-state index is 0.365. The second-order valence-corrected chi connectivity index (χ2v) is 4.00. The summed E-state index contributed by atoms with van der Waals surface area (Å²) >= 11 is 5.83. The number of rotatable bonds is 0. The van der Waals surface area contributed by atoms with Gasteiger partial charge in [0.25, 0.3) is 0 Å². The lowest BCUT2D eigenvalue weighted by molar-refractivity contribution is -0.166. The molecule has 0 bridgehead atoms. The van der Waals surface area contributed by atoms with Gasteiger partial charge in [0.05, 0.1) is 0 Å². The highest BCUT2D eigenvalue weighted by Crippen LogP contribution is 2.37. The van der Waals surface area contributed by atoms with Crippen molar-refractivity contribution in [2.45, 2.75) is 25.6 Å². The lowest BCUT2D eigenvalue weighted by Gasteiger charge is -2.16. The number of fused-ring (bicyclic) bond motifs is 1. The zero-order valence-corrected chi connectivity index (χ0v) is 8.10. The van der Waals surface area contributed by atoms with Gasteiger partial charge in [-0.2, -0.15) is 0 Å². The highest BCUT2D eigenvalue weighted by atomic mass is 35.5. The van der Waals surface area contributed by atoms with Crippen LogP contribution in [-0.4, -0.2) is 10.2 Å². The van der Waals surface area contributed by atoms with Crippen LogP contribution in [0.1, 0.15) is 23.1 Å². The van der Waals surface area contributed by atoms with Gasteiger partial charge in [0.2, 0.25) is 0 Å². The molecule has 2 nitrogen and oxygen atoms in total. The molecule has 0 aromatic heterocycles. The van der Waals surface area contributed by atoms with Gasteiger partial charge < -0.3 is 10.2 Å². The lowest BCUT2D eigenvalue weighted by Crippen LogP contribution is -2.20. The molecule has 0 fully saturated rings. The van der Waals surface area contributed by atoms with Crippen LogP contribution in [-0.2, 0) is 12.2 Å². The van der Waals surface area contributed by atoms with E-state index < -0.39 is 5.79 Å². The van der Waals surface area contributed by atoms with Gasteiger partial charge in [0, 0.05) is 17.0 Å². The number of hydrogen-bond donors (Lipinski definition) is 2. The smallest absolute Gasteiger partial charge is 0.190 e. The second kappa shape index (κ2) is 2.71. The zero-order valence-electron chi connectivity index (χ0n) is 7.34. The van der Waals surface area contributed by atoms with E-state index in [0.717, 1.165) is 11.1 Å². The van der Waals surface area contributed by atoms with Crippen LogP contribution in [0, 0.1) is 6.92 Å². The molecule has 1 aromatic carbocycles. The van der Waals surface area contributed by atoms with Crippen LogP contribution >= 0.6 is 11.6 Å². The molecule has 0 atom stereocenters. The molecule has 0 saturated heterocycles. The molecule has 0 spiro atoms. The van der Waals surface area contributed by atoms with Gasteiger partial charge in [-0.25, -0.2) is 0 Å². The van der Waals surface area contributed by atoms with E-state index in [1.807, 2.05) is 13.0 Å². The number of aliphatic hydroxyl groups is 2. The summed E-state index contributed by atoms with van der Waals surface area (Å²) in [5, 5.41) is 19.7. The Morgan fingerprint density at radius 3 is 2.77 bits per heavy atom. The van der Waals surface area contributed by atoms with Crippen molar-refractivity contribution < 1.29 is 10.2 Å². The van der Waals surface area contributed by atoms with E-state index in [4.69, 9.17) is 11.6 Å². The van der Waals surface area contributed by atoms with Gasteiger partial charge in [-0.05, 0) is 36.6 Å². The molecule has 2 rings (SSSR count). The SMILES string of the molecule is Cc1cc(Cl)cc2c1CCC2(O)O. The summed E-state index contributed by atoms with van der Waals surface area (Å²) in [5.74, 6) is -1.68. The van der Waals surface area contributed by atoms with E-state index in [0.29, 0.717) is 23.4 Å². The molecule has 1 aromatic rings. The highest BCUT2D eigenvalue weighted by molar-refractivity contribution is 6.30. The Morgan fingerprint density at radius 1 is 1.38 bits per heavy atom. The molecule has 70 valence electrons. The van der Waals surface area contributed by atoms with Crippen LogP contribution < -0.4 is 0 Å². The van der Waals surface area contributed by atoms with Crippen molar-refractivity contribution in [3.05, 3.63) is 33.8 Å². The largest absolute Gasteiger partial charge is 0.362 e. The topological polar surface area (TPSA) is 40.5 Å². The van der Waals surface area contributed by atoms with Crippen LogP contribution in [0.25, 0.3) is 0 Å². The summed E-state index contributed by atoms with van der Waals surface area (Å²) in [5.41, 5.74) is 2.62. The maximum absolute atomic E-state index is 9.59. The first-order valence-corrected chi connectivity index (χ1v) is 4.63. The average molecular weight is 199 g/mol. The number of aryl methyl sites for hydroxylation is 1. The van der Waals surface area contributed by atoms with Gasteiger partial charge in [-0.3, -0.25) is 0 Å². The minimum Gasteiger partial charge on any atom is -0.362 e. The Kier molecular flexibility index (Phi) is 1.88. The van der Waals surface area contributed by atoms with Crippen molar-refractivity contribution >= 4 is 11.6 Å². The van der Waals surface area contributed by atoms with Crippen molar-refractivity contribution in [1.29, 1.82) is 0 Å². The maximum atomic E-state index is 9.59. The predicted molar refractivity (Wildman–Crippen MR) is 50.6 cm³/mol. The Bertz CT molecular complexity index is 358. The molecular weight excluding hydrogens is 188 g/mol. The maximum Gasteiger partial charge on any atom is 0.190 e. The Balaban J connectivity index is 2.65. The van der Waals surface area contributed by atoms with E-state index in [-0.39, 0.29) is 0 Å². The van der Waals surface area contributed by atoms with E-state index in [1.54, 1.807) is 6.07 Å². The van der Waals surface area contributed by atoms with Gasteiger partial charge in [0.1, 0.15) is 0 Å². The molecule has 13 heavy (non-hydrogen) atoms. The van der Waals surface area contributed by atoms with Gasteiger partial charge in [-0.1, -0.05) is 11.6 Å².